The highest BCUT2D eigenvalue weighted by atomic mass is 32.1. The molecule has 3 rings (SSSR count). The van der Waals surface area contributed by atoms with Crippen molar-refractivity contribution in [1.29, 1.82) is 0 Å². The molecule has 0 saturated carbocycles. The first-order chi connectivity index (χ1) is 10.0. The molecule has 2 amide bonds. The van der Waals surface area contributed by atoms with Crippen LogP contribution < -0.4 is 15.4 Å². The molecule has 1 aliphatic heterocycles. The molecule has 0 saturated heterocycles. The van der Waals surface area contributed by atoms with Gasteiger partial charge in [0.25, 0.3) is 11.8 Å². The van der Waals surface area contributed by atoms with Crippen LogP contribution >= 0.6 is 11.3 Å². The van der Waals surface area contributed by atoms with Crippen LogP contribution in [0.4, 0.5) is 11.4 Å². The normalized spacial score (nSPS) is 16.7. The summed E-state index contributed by atoms with van der Waals surface area (Å²) < 4.78 is 5.47. The van der Waals surface area contributed by atoms with Gasteiger partial charge in [0.05, 0.1) is 10.6 Å². The number of fused-ring (bicyclic) bond motifs is 1. The molecular weight excluding hydrogens is 288 g/mol. The van der Waals surface area contributed by atoms with Gasteiger partial charge in [-0.15, -0.1) is 11.3 Å². The van der Waals surface area contributed by atoms with Crippen LogP contribution in [0.3, 0.4) is 0 Å². The molecule has 2 aromatic rings. The molecule has 21 heavy (non-hydrogen) atoms. The number of nitrogens with one attached hydrogen (secondary N) is 2. The number of hydrogen-bond donors (Lipinski definition) is 2. The van der Waals surface area contributed by atoms with E-state index in [2.05, 4.69) is 10.6 Å². The number of carbonyl (C=O) groups excluding carboxylic acids is 2. The van der Waals surface area contributed by atoms with Crippen molar-refractivity contribution in [3.63, 3.8) is 0 Å². The molecule has 0 aliphatic carbocycles. The zero-order chi connectivity index (χ0) is 15.0. The first-order valence-corrected chi connectivity index (χ1v) is 7.39. The predicted octanol–water partition coefficient (Wildman–Crippen LogP) is 3.03. The summed E-state index contributed by atoms with van der Waals surface area (Å²) in [7, 11) is 0. The van der Waals surface area contributed by atoms with Crippen molar-refractivity contribution >= 4 is 34.5 Å². The van der Waals surface area contributed by atoms with Gasteiger partial charge in [0, 0.05) is 5.69 Å². The molecule has 2 heterocycles. The van der Waals surface area contributed by atoms with Crippen molar-refractivity contribution in [2.75, 3.05) is 10.6 Å². The Balaban J connectivity index is 1.82. The maximum Gasteiger partial charge on any atom is 0.265 e. The number of hydrogen-bond acceptors (Lipinski definition) is 4. The van der Waals surface area contributed by atoms with Crippen molar-refractivity contribution in [1.82, 2.24) is 0 Å². The van der Waals surface area contributed by atoms with E-state index in [-0.39, 0.29) is 11.8 Å². The summed E-state index contributed by atoms with van der Waals surface area (Å²) in [5, 5.41) is 7.46. The van der Waals surface area contributed by atoms with Crippen LogP contribution in [0, 0.1) is 6.92 Å². The maximum absolute atomic E-state index is 12.2. The first kappa shape index (κ1) is 13.6. The molecule has 1 aromatic carbocycles. The number of thiophene rings is 1. The third-order valence-corrected chi connectivity index (χ3v) is 4.25. The van der Waals surface area contributed by atoms with Crippen LogP contribution in [0.2, 0.25) is 0 Å². The van der Waals surface area contributed by atoms with Gasteiger partial charge in [-0.25, -0.2) is 0 Å². The summed E-state index contributed by atoms with van der Waals surface area (Å²) in [6.07, 6.45) is -0.508. The molecule has 1 aromatic heterocycles. The molecule has 108 valence electrons. The van der Waals surface area contributed by atoms with E-state index < -0.39 is 6.10 Å². The van der Waals surface area contributed by atoms with Gasteiger partial charge in [-0.2, -0.15) is 0 Å². The zero-order valence-corrected chi connectivity index (χ0v) is 12.4. The second kappa shape index (κ2) is 5.21. The van der Waals surface area contributed by atoms with E-state index in [0.717, 1.165) is 5.56 Å². The molecule has 1 atom stereocenters. The Morgan fingerprint density at radius 1 is 1.38 bits per heavy atom. The number of amides is 2. The van der Waals surface area contributed by atoms with E-state index in [1.165, 1.54) is 11.3 Å². The summed E-state index contributed by atoms with van der Waals surface area (Å²) in [6, 6.07) is 7.09. The Bertz CT molecular complexity index is 723. The number of anilines is 2. The maximum atomic E-state index is 12.2. The molecule has 1 unspecified atom stereocenters. The van der Waals surface area contributed by atoms with Gasteiger partial charge in [0.15, 0.2) is 6.10 Å². The lowest BCUT2D eigenvalue weighted by molar-refractivity contribution is -0.122. The molecule has 5 nitrogen and oxygen atoms in total. The Labute approximate surface area is 125 Å². The van der Waals surface area contributed by atoms with E-state index >= 15 is 0 Å². The highest BCUT2D eigenvalue weighted by Gasteiger charge is 2.23. The fourth-order valence-electron chi connectivity index (χ4n) is 2.08. The van der Waals surface area contributed by atoms with Crippen molar-refractivity contribution in [3.05, 3.63) is 40.1 Å². The van der Waals surface area contributed by atoms with Crippen LogP contribution in [0.5, 0.6) is 5.75 Å². The summed E-state index contributed by atoms with van der Waals surface area (Å²) in [5.74, 6) is 0.256. The van der Waals surface area contributed by atoms with E-state index in [0.29, 0.717) is 22.0 Å². The summed E-state index contributed by atoms with van der Waals surface area (Å²) in [4.78, 5) is 24.4. The van der Waals surface area contributed by atoms with Crippen LogP contribution in [0.1, 0.15) is 22.2 Å². The number of benzene rings is 1. The fourth-order valence-corrected chi connectivity index (χ4v) is 2.90. The van der Waals surface area contributed by atoms with Crippen LogP contribution in [0.15, 0.2) is 29.6 Å². The fraction of sp³-hybridized carbons (Fsp3) is 0.200. The van der Waals surface area contributed by atoms with Crippen LogP contribution in [-0.4, -0.2) is 17.9 Å². The third kappa shape index (κ3) is 2.62. The van der Waals surface area contributed by atoms with Gasteiger partial charge in [0.1, 0.15) is 5.75 Å². The average molecular weight is 302 g/mol. The highest BCUT2D eigenvalue weighted by Crippen LogP contribution is 2.32. The Kier molecular flexibility index (Phi) is 3.39. The largest absolute Gasteiger partial charge is 0.479 e. The Morgan fingerprint density at radius 2 is 2.19 bits per heavy atom. The lowest BCUT2D eigenvalue weighted by Gasteiger charge is -2.23. The van der Waals surface area contributed by atoms with E-state index in [1.807, 2.05) is 18.4 Å². The molecule has 1 aliphatic rings. The number of carbonyl (C=O) groups is 2. The Hall–Kier alpha value is -2.34. The number of rotatable bonds is 2. The van der Waals surface area contributed by atoms with Gasteiger partial charge in [-0.1, -0.05) is 0 Å². The standard InChI is InChI=1S/C15H14N2O3S/c1-8-5-6-21-13(8)15(19)16-10-3-4-12-11(7-10)17-14(18)9(2)20-12/h3-7,9H,1-2H3,(H,16,19)(H,17,18). The first-order valence-electron chi connectivity index (χ1n) is 6.51. The van der Waals surface area contributed by atoms with E-state index in [4.69, 9.17) is 4.74 Å². The lowest BCUT2D eigenvalue weighted by atomic mass is 10.2. The second-order valence-corrected chi connectivity index (χ2v) is 5.76. The quantitative estimate of drug-likeness (QED) is 0.896. The van der Waals surface area contributed by atoms with Gasteiger partial charge in [0.2, 0.25) is 0 Å². The molecule has 2 N–H and O–H groups in total. The van der Waals surface area contributed by atoms with Crippen molar-refractivity contribution < 1.29 is 14.3 Å². The molecule has 0 spiro atoms. The Morgan fingerprint density at radius 3 is 2.90 bits per heavy atom. The van der Waals surface area contributed by atoms with Gasteiger partial charge < -0.3 is 15.4 Å². The van der Waals surface area contributed by atoms with Crippen LogP contribution in [-0.2, 0) is 4.79 Å². The second-order valence-electron chi connectivity index (χ2n) is 4.85. The lowest BCUT2D eigenvalue weighted by Crippen LogP contribution is -2.34. The van der Waals surface area contributed by atoms with E-state index in [9.17, 15) is 9.59 Å². The monoisotopic (exact) mass is 302 g/mol. The predicted molar refractivity (Wildman–Crippen MR) is 82.2 cm³/mol. The summed E-state index contributed by atoms with van der Waals surface area (Å²) in [5.41, 5.74) is 2.13. The molecule has 0 radical (unpaired) electrons. The van der Waals surface area contributed by atoms with Crippen molar-refractivity contribution in [2.24, 2.45) is 0 Å². The summed E-state index contributed by atoms with van der Waals surface area (Å²) in [6.45, 7) is 3.58. The molecule has 0 fully saturated rings. The topological polar surface area (TPSA) is 67.4 Å². The highest BCUT2D eigenvalue weighted by molar-refractivity contribution is 7.12. The average Bonchev–Trinajstić information content (AvgIpc) is 2.87. The van der Waals surface area contributed by atoms with Gasteiger partial charge >= 0.3 is 0 Å². The van der Waals surface area contributed by atoms with Crippen molar-refractivity contribution in [2.45, 2.75) is 20.0 Å². The minimum Gasteiger partial charge on any atom is -0.479 e. The number of aryl methyl sites for hydroxylation is 1. The zero-order valence-electron chi connectivity index (χ0n) is 11.6. The van der Waals surface area contributed by atoms with E-state index in [1.54, 1.807) is 25.1 Å². The molecule has 6 heteroatoms. The van der Waals surface area contributed by atoms with Gasteiger partial charge in [-0.05, 0) is 49.1 Å². The van der Waals surface area contributed by atoms with Crippen LogP contribution in [0.25, 0.3) is 0 Å². The molecule has 0 bridgehead atoms. The minimum absolute atomic E-state index is 0.154. The minimum atomic E-state index is -0.508. The SMILES string of the molecule is Cc1ccsc1C(=O)Nc1ccc2c(c1)NC(=O)C(C)O2. The number of ether oxygens (including phenoxy) is 1. The summed E-state index contributed by atoms with van der Waals surface area (Å²) >= 11 is 1.40. The third-order valence-electron chi connectivity index (χ3n) is 3.24. The van der Waals surface area contributed by atoms with Gasteiger partial charge in [-0.3, -0.25) is 9.59 Å². The smallest absolute Gasteiger partial charge is 0.265 e. The molecular formula is C15H14N2O3S. The van der Waals surface area contributed by atoms with Crippen molar-refractivity contribution in [3.8, 4) is 5.75 Å².